The molecule has 2 rings (SSSR count). The fourth-order valence-corrected chi connectivity index (χ4v) is 2.21. The summed E-state index contributed by atoms with van der Waals surface area (Å²) in [4.78, 5) is 6.48. The molecule has 0 aliphatic heterocycles. The van der Waals surface area contributed by atoms with Crippen molar-refractivity contribution in [1.82, 2.24) is 10.2 Å². The van der Waals surface area contributed by atoms with Crippen LogP contribution in [0.15, 0.2) is 58.1 Å². The Kier molecular flexibility index (Phi) is 6.03. The van der Waals surface area contributed by atoms with Crippen molar-refractivity contribution >= 4 is 5.96 Å². The van der Waals surface area contributed by atoms with E-state index in [-0.39, 0.29) is 6.04 Å². The van der Waals surface area contributed by atoms with Gasteiger partial charge in [0.05, 0.1) is 18.8 Å². The number of nitrogens with two attached hydrogens (primary N) is 1. The van der Waals surface area contributed by atoms with Gasteiger partial charge in [0, 0.05) is 6.54 Å². The van der Waals surface area contributed by atoms with Gasteiger partial charge < -0.3 is 15.5 Å². The Morgan fingerprint density at radius 2 is 2.00 bits per heavy atom. The molecule has 22 heavy (non-hydrogen) atoms. The number of rotatable bonds is 7. The fourth-order valence-electron chi connectivity index (χ4n) is 2.21. The molecule has 0 radical (unpaired) electrons. The standard InChI is InChI=1S/C17H24N4O/c1-21(2)15(16-9-6-12-22-16)13-20-17(18)19-11-10-14-7-4-3-5-8-14/h3-9,12,15H,10-11,13H2,1-2H3,(H3,18,19,20). The zero-order valence-corrected chi connectivity index (χ0v) is 13.2. The predicted molar refractivity (Wildman–Crippen MR) is 89.8 cm³/mol. The summed E-state index contributed by atoms with van der Waals surface area (Å²) >= 11 is 0. The maximum Gasteiger partial charge on any atom is 0.188 e. The first-order valence-corrected chi connectivity index (χ1v) is 7.44. The number of guanidine groups is 1. The molecule has 5 nitrogen and oxygen atoms in total. The number of aliphatic imine (C=N–C) groups is 1. The minimum absolute atomic E-state index is 0.0875. The summed E-state index contributed by atoms with van der Waals surface area (Å²) in [5.41, 5.74) is 7.21. The molecule has 0 amide bonds. The van der Waals surface area contributed by atoms with Gasteiger partial charge in [0.25, 0.3) is 0 Å². The Morgan fingerprint density at radius 1 is 1.23 bits per heavy atom. The molecule has 1 aromatic carbocycles. The highest BCUT2D eigenvalue weighted by Gasteiger charge is 2.16. The molecule has 5 heteroatoms. The van der Waals surface area contributed by atoms with Crippen molar-refractivity contribution in [2.24, 2.45) is 10.7 Å². The van der Waals surface area contributed by atoms with Crippen molar-refractivity contribution in [3.8, 4) is 0 Å². The number of hydrogen-bond donors (Lipinski definition) is 2. The number of nitrogens with zero attached hydrogens (tertiary/aromatic N) is 2. The van der Waals surface area contributed by atoms with Gasteiger partial charge in [-0.3, -0.25) is 9.89 Å². The summed E-state index contributed by atoms with van der Waals surface area (Å²) in [5, 5.41) is 3.15. The second-order valence-electron chi connectivity index (χ2n) is 5.38. The summed E-state index contributed by atoms with van der Waals surface area (Å²) < 4.78 is 5.46. The van der Waals surface area contributed by atoms with Crippen LogP contribution in [0.2, 0.25) is 0 Å². The Labute approximate surface area is 131 Å². The summed E-state index contributed by atoms with van der Waals surface area (Å²) in [6, 6.07) is 14.2. The van der Waals surface area contributed by atoms with Crippen molar-refractivity contribution in [2.75, 3.05) is 27.2 Å². The quantitative estimate of drug-likeness (QED) is 0.606. The van der Waals surface area contributed by atoms with Crippen LogP contribution in [0, 0.1) is 0 Å². The molecule has 118 valence electrons. The van der Waals surface area contributed by atoms with E-state index >= 15 is 0 Å². The van der Waals surface area contributed by atoms with Gasteiger partial charge in [-0.25, -0.2) is 0 Å². The summed E-state index contributed by atoms with van der Waals surface area (Å²) in [6.45, 7) is 1.33. The monoisotopic (exact) mass is 300 g/mol. The molecular formula is C17H24N4O. The molecule has 0 fully saturated rings. The van der Waals surface area contributed by atoms with Crippen LogP contribution in [0.3, 0.4) is 0 Å². The average Bonchev–Trinajstić information content (AvgIpc) is 3.02. The van der Waals surface area contributed by atoms with Crippen LogP contribution in [0.4, 0.5) is 0 Å². The molecule has 0 saturated carbocycles. The SMILES string of the molecule is CN(C)C(CN=C(N)NCCc1ccccc1)c1ccco1. The van der Waals surface area contributed by atoms with Crippen LogP contribution >= 0.6 is 0 Å². The number of hydrogen-bond acceptors (Lipinski definition) is 3. The molecule has 0 aliphatic rings. The Morgan fingerprint density at radius 3 is 2.64 bits per heavy atom. The maximum absolute atomic E-state index is 5.93. The molecule has 0 saturated heterocycles. The van der Waals surface area contributed by atoms with E-state index in [9.17, 15) is 0 Å². The third-order valence-corrected chi connectivity index (χ3v) is 3.49. The maximum atomic E-state index is 5.93. The van der Waals surface area contributed by atoms with E-state index in [4.69, 9.17) is 10.2 Å². The normalized spacial score (nSPS) is 13.3. The Bertz CT molecular complexity index is 564. The number of furan rings is 1. The lowest BCUT2D eigenvalue weighted by Crippen LogP contribution is -2.34. The van der Waals surface area contributed by atoms with E-state index in [1.165, 1.54) is 5.56 Å². The van der Waals surface area contributed by atoms with Gasteiger partial charge >= 0.3 is 0 Å². The zero-order valence-electron chi connectivity index (χ0n) is 13.2. The van der Waals surface area contributed by atoms with E-state index in [2.05, 4.69) is 27.3 Å². The largest absolute Gasteiger partial charge is 0.468 e. The van der Waals surface area contributed by atoms with Gasteiger partial charge in [-0.2, -0.15) is 0 Å². The van der Waals surface area contributed by atoms with Crippen molar-refractivity contribution in [3.63, 3.8) is 0 Å². The third-order valence-electron chi connectivity index (χ3n) is 3.49. The highest BCUT2D eigenvalue weighted by molar-refractivity contribution is 5.77. The van der Waals surface area contributed by atoms with E-state index in [1.54, 1.807) is 6.26 Å². The first-order chi connectivity index (χ1) is 10.7. The molecule has 1 heterocycles. The number of nitrogens with one attached hydrogen (secondary N) is 1. The summed E-state index contributed by atoms with van der Waals surface area (Å²) in [5.74, 6) is 1.36. The molecular weight excluding hydrogens is 276 g/mol. The van der Waals surface area contributed by atoms with Crippen LogP contribution < -0.4 is 11.1 Å². The Hall–Kier alpha value is -2.27. The molecule has 0 bridgehead atoms. The highest BCUT2D eigenvalue weighted by atomic mass is 16.3. The van der Waals surface area contributed by atoms with Gasteiger partial charge in [-0.1, -0.05) is 30.3 Å². The lowest BCUT2D eigenvalue weighted by Gasteiger charge is -2.20. The highest BCUT2D eigenvalue weighted by Crippen LogP contribution is 2.18. The molecule has 1 aromatic heterocycles. The number of benzene rings is 1. The lowest BCUT2D eigenvalue weighted by atomic mass is 10.1. The smallest absolute Gasteiger partial charge is 0.188 e. The molecule has 0 aliphatic carbocycles. The first kappa shape index (κ1) is 16.1. The van der Waals surface area contributed by atoms with Crippen LogP contribution in [0.5, 0.6) is 0 Å². The van der Waals surface area contributed by atoms with E-state index < -0.39 is 0 Å². The predicted octanol–water partition coefficient (Wildman–Crippen LogP) is 2.03. The lowest BCUT2D eigenvalue weighted by molar-refractivity contribution is 0.265. The van der Waals surface area contributed by atoms with Gasteiger partial charge in [0.15, 0.2) is 5.96 Å². The molecule has 3 N–H and O–H groups in total. The molecule has 1 atom stereocenters. The van der Waals surface area contributed by atoms with E-state index in [0.29, 0.717) is 12.5 Å². The van der Waals surface area contributed by atoms with Gasteiger partial charge in [0.1, 0.15) is 5.76 Å². The minimum Gasteiger partial charge on any atom is -0.468 e. The van der Waals surface area contributed by atoms with Gasteiger partial charge in [-0.15, -0.1) is 0 Å². The minimum atomic E-state index is 0.0875. The molecule has 2 aromatic rings. The Balaban J connectivity index is 1.81. The third kappa shape index (κ3) is 4.93. The first-order valence-electron chi connectivity index (χ1n) is 7.44. The second kappa shape index (κ2) is 8.24. The summed E-state index contributed by atoms with van der Waals surface area (Å²) in [6.07, 6.45) is 2.60. The van der Waals surface area contributed by atoms with Crippen molar-refractivity contribution in [2.45, 2.75) is 12.5 Å². The molecule has 0 spiro atoms. The van der Waals surface area contributed by atoms with Gasteiger partial charge in [-0.05, 0) is 38.2 Å². The van der Waals surface area contributed by atoms with Crippen LogP contribution in [-0.2, 0) is 6.42 Å². The van der Waals surface area contributed by atoms with E-state index in [1.807, 2.05) is 44.4 Å². The van der Waals surface area contributed by atoms with Crippen LogP contribution in [0.25, 0.3) is 0 Å². The van der Waals surface area contributed by atoms with Crippen molar-refractivity contribution < 1.29 is 4.42 Å². The van der Waals surface area contributed by atoms with Crippen LogP contribution in [0.1, 0.15) is 17.4 Å². The van der Waals surface area contributed by atoms with Crippen molar-refractivity contribution in [1.29, 1.82) is 0 Å². The van der Waals surface area contributed by atoms with Gasteiger partial charge in [0.2, 0.25) is 0 Å². The second-order valence-corrected chi connectivity index (χ2v) is 5.38. The molecule has 1 unspecified atom stereocenters. The average molecular weight is 300 g/mol. The number of likely N-dealkylation sites (N-methyl/N-ethyl adjacent to an activating group) is 1. The topological polar surface area (TPSA) is 66.8 Å². The van der Waals surface area contributed by atoms with Crippen molar-refractivity contribution in [3.05, 3.63) is 60.1 Å². The zero-order chi connectivity index (χ0) is 15.8. The summed E-state index contributed by atoms with van der Waals surface area (Å²) in [7, 11) is 4.00. The van der Waals surface area contributed by atoms with Crippen LogP contribution in [-0.4, -0.2) is 38.0 Å². The fraction of sp³-hybridized carbons (Fsp3) is 0.353. The van der Waals surface area contributed by atoms with E-state index in [0.717, 1.165) is 18.7 Å².